The Labute approximate surface area is 301 Å². The number of fused-ring (bicyclic) bond motifs is 1. The normalized spacial score (nSPS) is 19.5. The van der Waals surface area contributed by atoms with Crippen LogP contribution in [0.1, 0.15) is 93.5 Å². The summed E-state index contributed by atoms with van der Waals surface area (Å²) < 4.78 is 71.7. The highest BCUT2D eigenvalue weighted by molar-refractivity contribution is 6.00. The Morgan fingerprint density at radius 3 is 2.44 bits per heavy atom. The number of aromatic nitrogens is 3. The number of alkyl halides is 3. The van der Waals surface area contributed by atoms with Crippen LogP contribution >= 0.6 is 0 Å². The number of hydrogen-bond donors (Lipinski definition) is 0. The Hall–Kier alpha value is -4.51. The summed E-state index contributed by atoms with van der Waals surface area (Å²) in [5, 5.41) is 4.34. The molecular weight excluding hydrogens is 672 g/mol. The number of piperidine rings is 1. The van der Waals surface area contributed by atoms with Crippen molar-refractivity contribution >= 4 is 28.0 Å². The van der Waals surface area contributed by atoms with Gasteiger partial charge in [0.2, 0.25) is 17.7 Å². The van der Waals surface area contributed by atoms with Gasteiger partial charge in [-0.2, -0.15) is 17.6 Å². The molecule has 2 saturated heterocycles. The third-order valence-corrected chi connectivity index (χ3v) is 10.5. The highest BCUT2D eigenvalue weighted by Gasteiger charge is 2.42. The van der Waals surface area contributed by atoms with E-state index in [1.165, 1.54) is 17.3 Å². The molecule has 1 saturated carbocycles. The van der Waals surface area contributed by atoms with Crippen LogP contribution in [-0.4, -0.2) is 58.1 Å². The van der Waals surface area contributed by atoms with E-state index in [9.17, 15) is 18.0 Å². The Kier molecular flexibility index (Phi) is 10.8. The highest BCUT2D eigenvalue weighted by atomic mass is 19.4. The average Bonchev–Trinajstić information content (AvgIpc) is 3.87. The lowest BCUT2D eigenvalue weighted by Crippen LogP contribution is -2.34. The largest absolute Gasteiger partial charge is 0.477 e. The van der Waals surface area contributed by atoms with Gasteiger partial charge in [-0.15, -0.1) is 5.10 Å². The van der Waals surface area contributed by atoms with Gasteiger partial charge in [-0.25, -0.2) is 9.67 Å². The van der Waals surface area contributed by atoms with Crippen LogP contribution in [0.4, 0.5) is 17.6 Å². The number of pyridine rings is 1. The second-order valence-electron chi connectivity index (χ2n) is 14.3. The predicted octanol–water partition coefficient (Wildman–Crippen LogP) is 9.69. The second-order valence-corrected chi connectivity index (χ2v) is 14.3. The summed E-state index contributed by atoms with van der Waals surface area (Å²) in [6, 6.07) is 16.8. The lowest BCUT2D eigenvalue weighted by molar-refractivity contribution is -0.127. The van der Waals surface area contributed by atoms with E-state index < -0.39 is 24.8 Å². The minimum Gasteiger partial charge on any atom is -0.477 e. The summed E-state index contributed by atoms with van der Waals surface area (Å²) >= 11 is 0. The summed E-state index contributed by atoms with van der Waals surface area (Å²) in [5.74, 6) is -0.252. The van der Waals surface area contributed by atoms with Crippen molar-refractivity contribution in [2.45, 2.75) is 83.0 Å². The Morgan fingerprint density at radius 1 is 0.962 bits per heavy atom. The first-order valence-electron chi connectivity index (χ1n) is 18.4. The van der Waals surface area contributed by atoms with E-state index in [4.69, 9.17) is 9.47 Å². The highest BCUT2D eigenvalue weighted by Crippen LogP contribution is 2.50. The van der Waals surface area contributed by atoms with E-state index in [1.54, 1.807) is 66.7 Å². The number of ether oxygens (including phenoxy) is 2. The SMILES string of the molecule is O=C(/C=C/CCC1(COc2ccc(/C(=C(/CC(F)(F)F)c3ccccc3)c3ccc4c(c3)c(F)nn4C3CCCCO3)cn2)CC1)N1CCCCC1. The summed E-state index contributed by atoms with van der Waals surface area (Å²) in [5.41, 5.74) is 2.16. The van der Waals surface area contributed by atoms with Crippen LogP contribution in [0.25, 0.3) is 22.0 Å². The van der Waals surface area contributed by atoms with Gasteiger partial charge in [0, 0.05) is 42.9 Å². The van der Waals surface area contributed by atoms with Gasteiger partial charge in [0.05, 0.1) is 23.9 Å². The van der Waals surface area contributed by atoms with E-state index >= 15 is 4.39 Å². The molecule has 0 radical (unpaired) electrons. The molecular formula is C41H44F4N4O3. The molecule has 4 heterocycles. The summed E-state index contributed by atoms with van der Waals surface area (Å²) in [6.07, 6.45) is 8.65. The smallest absolute Gasteiger partial charge is 0.393 e. The fourth-order valence-corrected chi connectivity index (χ4v) is 7.36. The molecule has 2 aromatic carbocycles. The van der Waals surface area contributed by atoms with Gasteiger partial charge < -0.3 is 14.4 Å². The van der Waals surface area contributed by atoms with Crippen LogP contribution in [0, 0.1) is 11.4 Å². The van der Waals surface area contributed by atoms with E-state index in [1.807, 2.05) is 11.0 Å². The van der Waals surface area contributed by atoms with Gasteiger partial charge in [0.25, 0.3) is 0 Å². The van der Waals surface area contributed by atoms with Crippen LogP contribution in [0.2, 0.25) is 0 Å². The van der Waals surface area contributed by atoms with Gasteiger partial charge in [0.15, 0.2) is 6.23 Å². The molecule has 1 atom stereocenters. The zero-order valence-corrected chi connectivity index (χ0v) is 29.2. The molecule has 2 aromatic heterocycles. The molecule has 1 amide bonds. The Balaban J connectivity index is 1.14. The topological polar surface area (TPSA) is 69.5 Å². The van der Waals surface area contributed by atoms with Crippen molar-refractivity contribution in [2.24, 2.45) is 5.41 Å². The number of likely N-dealkylation sites (tertiary alicyclic amines) is 1. The quantitative estimate of drug-likeness (QED) is 0.0830. The van der Waals surface area contributed by atoms with E-state index in [-0.39, 0.29) is 22.3 Å². The maximum atomic E-state index is 15.4. The number of benzene rings is 2. The molecule has 2 aliphatic heterocycles. The van der Waals surface area contributed by atoms with Crippen LogP contribution in [0.5, 0.6) is 5.88 Å². The molecule has 3 aliphatic rings. The lowest BCUT2D eigenvalue weighted by Gasteiger charge is -2.25. The number of carbonyl (C=O) groups excluding carboxylic acids is 1. The molecule has 52 heavy (non-hydrogen) atoms. The van der Waals surface area contributed by atoms with E-state index in [0.29, 0.717) is 53.3 Å². The molecule has 7 rings (SSSR count). The molecule has 274 valence electrons. The van der Waals surface area contributed by atoms with Gasteiger partial charge in [-0.05, 0) is 111 Å². The maximum Gasteiger partial charge on any atom is 0.393 e. The number of amides is 1. The number of nitrogens with zero attached hydrogens (tertiary/aromatic N) is 4. The number of halogens is 4. The van der Waals surface area contributed by atoms with E-state index in [2.05, 4.69) is 10.1 Å². The minimum atomic E-state index is -4.51. The van der Waals surface area contributed by atoms with Crippen molar-refractivity contribution in [3.05, 3.63) is 102 Å². The molecule has 4 aromatic rings. The third kappa shape index (κ3) is 8.57. The zero-order chi connectivity index (χ0) is 36.1. The molecule has 0 spiro atoms. The van der Waals surface area contributed by atoms with Crippen LogP contribution in [-0.2, 0) is 9.53 Å². The molecule has 7 nitrogen and oxygen atoms in total. The molecule has 3 fully saturated rings. The molecule has 0 bridgehead atoms. The first kappa shape index (κ1) is 35.9. The first-order chi connectivity index (χ1) is 25.2. The number of allylic oxidation sites excluding steroid dienone is 2. The first-order valence-corrected chi connectivity index (χ1v) is 18.4. The van der Waals surface area contributed by atoms with Gasteiger partial charge in [0.1, 0.15) is 0 Å². The summed E-state index contributed by atoms with van der Waals surface area (Å²) in [6.45, 7) is 2.68. The molecule has 1 unspecified atom stereocenters. The third-order valence-electron chi connectivity index (χ3n) is 10.5. The zero-order valence-electron chi connectivity index (χ0n) is 29.2. The monoisotopic (exact) mass is 716 g/mol. The Morgan fingerprint density at radius 2 is 1.75 bits per heavy atom. The van der Waals surface area contributed by atoms with Gasteiger partial charge in [-0.1, -0.05) is 42.5 Å². The van der Waals surface area contributed by atoms with Crippen LogP contribution < -0.4 is 4.74 Å². The fourth-order valence-electron chi connectivity index (χ4n) is 7.36. The average molecular weight is 717 g/mol. The number of rotatable bonds is 12. The molecule has 11 heteroatoms. The standard InChI is InChI=1S/C41H44F4N4O3/c42-39-32-25-30(15-17-34(32)49(47-39)37-14-6-10-24-51-37)38(33(26-41(43,44)45)29-11-3-1-4-12-29)31-16-18-35(46-27-31)52-28-40(20-21-40)19-7-5-13-36(50)48-22-8-2-9-23-48/h1,3-5,11-13,15-18,25,27,37H,2,6-10,14,19-24,26,28H2/b13-5+,38-33-. The lowest BCUT2D eigenvalue weighted by atomic mass is 9.88. The second kappa shape index (κ2) is 15.6. The van der Waals surface area contributed by atoms with Crippen molar-refractivity contribution in [1.29, 1.82) is 0 Å². The van der Waals surface area contributed by atoms with E-state index in [0.717, 1.165) is 64.5 Å². The minimum absolute atomic E-state index is 0.0176. The van der Waals surface area contributed by atoms with Crippen molar-refractivity contribution < 1.29 is 31.8 Å². The van der Waals surface area contributed by atoms with Crippen LogP contribution in [0.15, 0.2) is 79.0 Å². The van der Waals surface area contributed by atoms with Crippen LogP contribution in [0.3, 0.4) is 0 Å². The maximum absolute atomic E-state index is 15.4. The predicted molar refractivity (Wildman–Crippen MR) is 192 cm³/mol. The summed E-state index contributed by atoms with van der Waals surface area (Å²) in [4.78, 5) is 18.9. The summed E-state index contributed by atoms with van der Waals surface area (Å²) in [7, 11) is 0. The van der Waals surface area contributed by atoms with Gasteiger partial charge >= 0.3 is 6.18 Å². The Bertz CT molecular complexity index is 1900. The van der Waals surface area contributed by atoms with Crippen molar-refractivity contribution in [2.75, 3.05) is 26.3 Å². The molecule has 1 aliphatic carbocycles. The fraction of sp³-hybridized carbons (Fsp3) is 0.439. The number of hydrogen-bond acceptors (Lipinski definition) is 5. The van der Waals surface area contributed by atoms with Crippen molar-refractivity contribution in [3.8, 4) is 5.88 Å². The van der Waals surface area contributed by atoms with Crippen molar-refractivity contribution in [1.82, 2.24) is 19.7 Å². The van der Waals surface area contributed by atoms with Crippen molar-refractivity contribution in [3.63, 3.8) is 0 Å². The molecule has 0 N–H and O–H groups in total. The number of carbonyl (C=O) groups is 1. The van der Waals surface area contributed by atoms with Gasteiger partial charge in [-0.3, -0.25) is 4.79 Å².